The van der Waals surface area contributed by atoms with E-state index in [1.165, 1.54) is 6.07 Å². The Morgan fingerprint density at radius 1 is 1.00 bits per heavy atom. The van der Waals surface area contributed by atoms with E-state index < -0.39 is 0 Å². The summed E-state index contributed by atoms with van der Waals surface area (Å²) in [5, 5.41) is 6.24. The molecule has 0 fully saturated rings. The van der Waals surface area contributed by atoms with Gasteiger partial charge in [-0.15, -0.1) is 0 Å². The highest BCUT2D eigenvalue weighted by Gasteiger charge is 2.14. The number of carbonyl (C=O) groups excluding carboxylic acids is 2. The van der Waals surface area contributed by atoms with E-state index in [-0.39, 0.29) is 17.9 Å². The zero-order valence-corrected chi connectivity index (χ0v) is 14.9. The van der Waals surface area contributed by atoms with Gasteiger partial charge in [0, 0.05) is 17.2 Å². The van der Waals surface area contributed by atoms with E-state index in [2.05, 4.69) is 10.6 Å². The van der Waals surface area contributed by atoms with Gasteiger partial charge < -0.3 is 10.6 Å². The second-order valence-corrected chi connectivity index (χ2v) is 6.23. The van der Waals surface area contributed by atoms with Crippen LogP contribution in [-0.4, -0.2) is 17.9 Å². The number of hydrogen-bond donors (Lipinski definition) is 2. The molecule has 1 atom stereocenters. The van der Waals surface area contributed by atoms with Gasteiger partial charge in [-0.05, 0) is 43.7 Å². The molecule has 0 aliphatic carbocycles. The lowest BCUT2D eigenvalue weighted by molar-refractivity contribution is 0.0939. The maximum atomic E-state index is 12.4. The molecule has 0 spiro atoms. The van der Waals surface area contributed by atoms with E-state index in [4.69, 9.17) is 23.2 Å². The number of para-hydroxylation sites is 1. The quantitative estimate of drug-likeness (QED) is 0.802. The standard InChI is InChI=1S/C18H18Cl2N2O2/c1-3-11(2)21-17(23)12-6-4-7-13(10-12)18(24)22-16-14(19)8-5-9-15(16)20/h4-11H,3H2,1-2H3,(H,21,23)(H,22,24). The summed E-state index contributed by atoms with van der Waals surface area (Å²) in [5.74, 6) is -0.599. The van der Waals surface area contributed by atoms with E-state index in [0.717, 1.165) is 6.42 Å². The number of rotatable bonds is 5. The average molecular weight is 365 g/mol. The Kier molecular flexibility index (Phi) is 6.23. The Morgan fingerprint density at radius 3 is 2.12 bits per heavy atom. The molecule has 0 bridgehead atoms. The van der Waals surface area contributed by atoms with Crippen LogP contribution in [-0.2, 0) is 0 Å². The Labute approximate surface area is 151 Å². The van der Waals surface area contributed by atoms with Crippen molar-refractivity contribution in [2.45, 2.75) is 26.3 Å². The molecule has 1 unspecified atom stereocenters. The first-order valence-electron chi connectivity index (χ1n) is 7.58. The Bertz CT molecular complexity index is 742. The highest BCUT2D eigenvalue weighted by atomic mass is 35.5. The second-order valence-electron chi connectivity index (χ2n) is 5.41. The summed E-state index contributed by atoms with van der Waals surface area (Å²) < 4.78 is 0. The average Bonchev–Trinajstić information content (AvgIpc) is 2.58. The number of carbonyl (C=O) groups is 2. The second kappa shape index (κ2) is 8.18. The molecule has 2 N–H and O–H groups in total. The van der Waals surface area contributed by atoms with Gasteiger partial charge in [-0.2, -0.15) is 0 Å². The summed E-state index contributed by atoms with van der Waals surface area (Å²) in [6.07, 6.45) is 0.830. The van der Waals surface area contributed by atoms with Crippen LogP contribution in [0.15, 0.2) is 42.5 Å². The van der Waals surface area contributed by atoms with Gasteiger partial charge in [-0.1, -0.05) is 42.3 Å². The van der Waals surface area contributed by atoms with Crippen molar-refractivity contribution < 1.29 is 9.59 Å². The van der Waals surface area contributed by atoms with Crippen molar-refractivity contribution >= 4 is 40.7 Å². The molecule has 2 aromatic carbocycles. The molecule has 0 aliphatic rings. The van der Waals surface area contributed by atoms with Crippen molar-refractivity contribution in [1.82, 2.24) is 5.32 Å². The maximum absolute atomic E-state index is 12.4. The van der Waals surface area contributed by atoms with Gasteiger partial charge in [-0.3, -0.25) is 9.59 Å². The first-order chi connectivity index (χ1) is 11.4. The topological polar surface area (TPSA) is 58.2 Å². The van der Waals surface area contributed by atoms with Crippen molar-refractivity contribution in [2.75, 3.05) is 5.32 Å². The summed E-state index contributed by atoms with van der Waals surface area (Å²) in [5.41, 5.74) is 1.12. The Hall–Kier alpha value is -2.04. The lowest BCUT2D eigenvalue weighted by atomic mass is 10.1. The number of amides is 2. The summed E-state index contributed by atoms with van der Waals surface area (Å²) >= 11 is 12.1. The molecule has 0 heterocycles. The molecule has 24 heavy (non-hydrogen) atoms. The highest BCUT2D eigenvalue weighted by molar-refractivity contribution is 6.40. The molecular formula is C18H18Cl2N2O2. The highest BCUT2D eigenvalue weighted by Crippen LogP contribution is 2.30. The molecule has 2 aromatic rings. The fourth-order valence-electron chi connectivity index (χ4n) is 2.01. The van der Waals surface area contributed by atoms with E-state index >= 15 is 0 Å². The minimum atomic E-state index is -0.386. The third kappa shape index (κ3) is 4.49. The van der Waals surface area contributed by atoms with E-state index in [9.17, 15) is 9.59 Å². The Morgan fingerprint density at radius 2 is 1.54 bits per heavy atom. The third-order valence-corrected chi connectivity index (χ3v) is 4.21. The molecule has 0 radical (unpaired) electrons. The van der Waals surface area contributed by atoms with Crippen molar-refractivity contribution in [3.05, 3.63) is 63.6 Å². The molecule has 0 aromatic heterocycles. The fraction of sp³-hybridized carbons (Fsp3) is 0.222. The summed E-state index contributed by atoms with van der Waals surface area (Å²) in [6, 6.07) is 11.5. The van der Waals surface area contributed by atoms with Gasteiger partial charge in [0.2, 0.25) is 0 Å². The van der Waals surface area contributed by atoms with Crippen LogP contribution in [0.5, 0.6) is 0 Å². The van der Waals surface area contributed by atoms with Crippen molar-refractivity contribution in [3.8, 4) is 0 Å². The van der Waals surface area contributed by atoms with Crippen LogP contribution in [0.4, 0.5) is 5.69 Å². The summed E-state index contributed by atoms with van der Waals surface area (Å²) in [4.78, 5) is 24.6. The summed E-state index contributed by atoms with van der Waals surface area (Å²) in [7, 11) is 0. The number of halogens is 2. The normalized spacial score (nSPS) is 11.7. The van der Waals surface area contributed by atoms with Crippen LogP contribution < -0.4 is 10.6 Å². The predicted molar refractivity (Wildman–Crippen MR) is 98.1 cm³/mol. The zero-order valence-electron chi connectivity index (χ0n) is 13.4. The third-order valence-electron chi connectivity index (χ3n) is 3.58. The smallest absolute Gasteiger partial charge is 0.255 e. The molecule has 0 aliphatic heterocycles. The molecule has 6 heteroatoms. The molecule has 126 valence electrons. The molecule has 2 amide bonds. The van der Waals surface area contributed by atoms with Crippen molar-refractivity contribution in [3.63, 3.8) is 0 Å². The van der Waals surface area contributed by atoms with Gasteiger partial charge in [0.25, 0.3) is 11.8 Å². The van der Waals surface area contributed by atoms with Crippen LogP contribution in [0, 0.1) is 0 Å². The summed E-state index contributed by atoms with van der Waals surface area (Å²) in [6.45, 7) is 3.91. The van der Waals surface area contributed by atoms with Crippen LogP contribution in [0.2, 0.25) is 10.0 Å². The van der Waals surface area contributed by atoms with Crippen molar-refractivity contribution in [1.29, 1.82) is 0 Å². The van der Waals surface area contributed by atoms with Crippen LogP contribution >= 0.6 is 23.2 Å². The number of anilines is 1. The van der Waals surface area contributed by atoms with Crippen molar-refractivity contribution in [2.24, 2.45) is 0 Å². The minimum absolute atomic E-state index is 0.0666. The molecule has 2 rings (SSSR count). The van der Waals surface area contributed by atoms with E-state index in [1.54, 1.807) is 36.4 Å². The van der Waals surface area contributed by atoms with Crippen LogP contribution in [0.25, 0.3) is 0 Å². The van der Waals surface area contributed by atoms with E-state index in [0.29, 0.717) is 26.9 Å². The van der Waals surface area contributed by atoms with Gasteiger partial charge in [0.05, 0.1) is 15.7 Å². The largest absolute Gasteiger partial charge is 0.350 e. The molecule has 4 nitrogen and oxygen atoms in total. The van der Waals surface area contributed by atoms with Gasteiger partial charge in [0.1, 0.15) is 0 Å². The molecule has 0 saturated carbocycles. The monoisotopic (exact) mass is 364 g/mol. The first kappa shape index (κ1) is 18.3. The maximum Gasteiger partial charge on any atom is 0.255 e. The van der Waals surface area contributed by atoms with E-state index in [1.807, 2.05) is 13.8 Å². The predicted octanol–water partition coefficient (Wildman–Crippen LogP) is 4.77. The lowest BCUT2D eigenvalue weighted by Gasteiger charge is -2.12. The Balaban J connectivity index is 2.19. The van der Waals surface area contributed by atoms with Crippen LogP contribution in [0.3, 0.4) is 0 Å². The van der Waals surface area contributed by atoms with Gasteiger partial charge in [-0.25, -0.2) is 0 Å². The first-order valence-corrected chi connectivity index (χ1v) is 8.34. The van der Waals surface area contributed by atoms with Gasteiger partial charge >= 0.3 is 0 Å². The SMILES string of the molecule is CCC(C)NC(=O)c1cccc(C(=O)Nc2c(Cl)cccc2Cl)c1. The minimum Gasteiger partial charge on any atom is -0.350 e. The molecule has 0 saturated heterocycles. The fourth-order valence-corrected chi connectivity index (χ4v) is 2.51. The van der Waals surface area contributed by atoms with Gasteiger partial charge in [0.15, 0.2) is 0 Å². The molecular weight excluding hydrogens is 347 g/mol. The number of hydrogen-bond acceptors (Lipinski definition) is 2. The number of nitrogens with one attached hydrogen (secondary N) is 2. The zero-order chi connectivity index (χ0) is 17.7. The van der Waals surface area contributed by atoms with Crippen LogP contribution in [0.1, 0.15) is 41.0 Å². The number of benzene rings is 2. The lowest BCUT2D eigenvalue weighted by Crippen LogP contribution is -2.32.